The topological polar surface area (TPSA) is 122 Å². The summed E-state index contributed by atoms with van der Waals surface area (Å²) in [7, 11) is -3.75. The van der Waals surface area contributed by atoms with E-state index in [1.807, 2.05) is 0 Å². The smallest absolute Gasteiger partial charge is 0.327 e. The lowest BCUT2D eigenvalue weighted by molar-refractivity contribution is -0.138. The molecule has 0 saturated carbocycles. The number of thiol groups is 1. The number of carboxylic acids is 1. The van der Waals surface area contributed by atoms with Gasteiger partial charge in [0.1, 0.15) is 6.04 Å². The van der Waals surface area contributed by atoms with Crippen molar-refractivity contribution in [2.45, 2.75) is 10.9 Å². The molecule has 0 unspecified atom stereocenters. The number of hydrogen-bond acceptors (Lipinski definition) is 5. The monoisotopic (exact) mass is 335 g/mol. The number of carboxylic acid groups (broad SMARTS) is 1. The van der Waals surface area contributed by atoms with Crippen LogP contribution >= 0.6 is 24.8 Å². The van der Waals surface area contributed by atoms with Crippen molar-refractivity contribution in [3.8, 4) is 0 Å². The van der Waals surface area contributed by atoms with Crippen molar-refractivity contribution in [3.63, 3.8) is 0 Å². The van der Waals surface area contributed by atoms with Crippen LogP contribution in [0.25, 0.3) is 0 Å². The zero-order valence-electron chi connectivity index (χ0n) is 10.1. The zero-order chi connectivity index (χ0) is 15.3. The number of sulfonamides is 1. The first-order valence-corrected chi connectivity index (χ1v) is 7.87. The van der Waals surface area contributed by atoms with E-state index >= 15 is 0 Å². The van der Waals surface area contributed by atoms with E-state index in [4.69, 9.17) is 22.5 Å². The van der Waals surface area contributed by atoms with E-state index in [0.29, 0.717) is 5.69 Å². The molecular formula is C10H13N3O4S3. The third-order valence-corrected chi connectivity index (χ3v) is 3.74. The molecular weight excluding hydrogens is 322 g/mol. The van der Waals surface area contributed by atoms with Crippen molar-refractivity contribution in [2.24, 2.45) is 5.14 Å². The number of nitrogens with two attached hydrogens (primary N) is 1. The highest BCUT2D eigenvalue weighted by Gasteiger charge is 2.16. The van der Waals surface area contributed by atoms with Crippen molar-refractivity contribution in [3.05, 3.63) is 24.3 Å². The third-order valence-electron chi connectivity index (χ3n) is 2.23. The van der Waals surface area contributed by atoms with E-state index in [-0.39, 0.29) is 15.8 Å². The number of benzene rings is 1. The Hall–Kier alpha value is -1.36. The first-order valence-electron chi connectivity index (χ1n) is 5.28. The minimum absolute atomic E-state index is 0.0271. The Morgan fingerprint density at radius 1 is 1.40 bits per heavy atom. The number of anilines is 1. The van der Waals surface area contributed by atoms with Crippen LogP contribution in [-0.4, -0.2) is 36.4 Å². The second-order valence-electron chi connectivity index (χ2n) is 3.74. The largest absolute Gasteiger partial charge is 0.480 e. The summed E-state index contributed by atoms with van der Waals surface area (Å²) < 4.78 is 22.1. The van der Waals surface area contributed by atoms with Crippen LogP contribution in [0.15, 0.2) is 29.2 Å². The highest BCUT2D eigenvalue weighted by atomic mass is 32.2. The number of aliphatic carboxylic acids is 1. The molecule has 1 rings (SSSR count). The Morgan fingerprint density at radius 3 is 2.35 bits per heavy atom. The summed E-state index contributed by atoms with van der Waals surface area (Å²) in [4.78, 5) is 10.8. The molecule has 0 spiro atoms. The van der Waals surface area contributed by atoms with Gasteiger partial charge in [-0.1, -0.05) is 0 Å². The van der Waals surface area contributed by atoms with Crippen LogP contribution in [0.1, 0.15) is 0 Å². The summed E-state index contributed by atoms with van der Waals surface area (Å²) in [6.45, 7) is 0. The van der Waals surface area contributed by atoms with E-state index < -0.39 is 22.0 Å². The molecule has 0 radical (unpaired) electrons. The third kappa shape index (κ3) is 4.96. The van der Waals surface area contributed by atoms with Gasteiger partial charge >= 0.3 is 5.97 Å². The van der Waals surface area contributed by atoms with Gasteiger partial charge in [-0.05, 0) is 36.5 Å². The normalized spacial score (nSPS) is 12.5. The second-order valence-corrected chi connectivity index (χ2v) is 6.08. The number of nitrogens with one attached hydrogen (secondary N) is 2. The molecule has 0 saturated heterocycles. The Balaban J connectivity index is 2.70. The zero-order valence-corrected chi connectivity index (χ0v) is 12.6. The molecule has 7 nitrogen and oxygen atoms in total. The summed E-state index contributed by atoms with van der Waals surface area (Å²) in [6.07, 6.45) is 0. The molecule has 0 amide bonds. The summed E-state index contributed by atoms with van der Waals surface area (Å²) in [6, 6.07) is 4.64. The molecule has 0 heterocycles. The summed E-state index contributed by atoms with van der Waals surface area (Å²) in [5.41, 5.74) is 0.498. The van der Waals surface area contributed by atoms with E-state index in [9.17, 15) is 13.2 Å². The lowest BCUT2D eigenvalue weighted by atomic mass is 10.3. The van der Waals surface area contributed by atoms with Gasteiger partial charge in [-0.15, -0.1) is 0 Å². The molecule has 0 aliphatic heterocycles. The van der Waals surface area contributed by atoms with Gasteiger partial charge in [-0.25, -0.2) is 18.4 Å². The van der Waals surface area contributed by atoms with E-state index in [2.05, 4.69) is 23.3 Å². The van der Waals surface area contributed by atoms with Gasteiger partial charge in [-0.2, -0.15) is 12.6 Å². The predicted octanol–water partition coefficient (Wildman–Crippen LogP) is 0.00340. The summed E-state index contributed by atoms with van der Waals surface area (Å²) in [5.74, 6) is -1.00. The number of carbonyl (C=O) groups is 1. The second kappa shape index (κ2) is 6.88. The van der Waals surface area contributed by atoms with Crippen molar-refractivity contribution in [1.82, 2.24) is 5.32 Å². The van der Waals surface area contributed by atoms with Gasteiger partial charge in [0.05, 0.1) is 4.90 Å². The van der Waals surface area contributed by atoms with E-state index in [1.54, 1.807) is 0 Å². The van der Waals surface area contributed by atoms with Crippen LogP contribution in [-0.2, 0) is 14.8 Å². The lowest BCUT2D eigenvalue weighted by Crippen LogP contribution is -2.44. The van der Waals surface area contributed by atoms with Gasteiger partial charge < -0.3 is 15.7 Å². The van der Waals surface area contributed by atoms with Gasteiger partial charge in [0.25, 0.3) is 0 Å². The highest BCUT2D eigenvalue weighted by molar-refractivity contribution is 7.89. The maximum atomic E-state index is 11.1. The molecule has 5 N–H and O–H groups in total. The average Bonchev–Trinajstić information content (AvgIpc) is 2.35. The Kier molecular flexibility index (Phi) is 5.74. The van der Waals surface area contributed by atoms with Gasteiger partial charge in [0, 0.05) is 11.4 Å². The maximum Gasteiger partial charge on any atom is 0.327 e. The number of thiocarbonyl (C=S) groups is 1. The van der Waals surface area contributed by atoms with Gasteiger partial charge in [0.2, 0.25) is 10.0 Å². The number of primary sulfonamides is 1. The van der Waals surface area contributed by atoms with Crippen molar-refractivity contribution < 1.29 is 18.3 Å². The van der Waals surface area contributed by atoms with Crippen LogP contribution in [0.3, 0.4) is 0 Å². The molecule has 0 bridgehead atoms. The Labute approximate surface area is 127 Å². The molecule has 0 fully saturated rings. The number of rotatable bonds is 5. The van der Waals surface area contributed by atoms with Crippen LogP contribution in [0.4, 0.5) is 5.69 Å². The van der Waals surface area contributed by atoms with Crippen molar-refractivity contribution in [2.75, 3.05) is 11.1 Å². The predicted molar refractivity (Wildman–Crippen MR) is 82.4 cm³/mol. The minimum Gasteiger partial charge on any atom is -0.480 e. The maximum absolute atomic E-state index is 11.1. The van der Waals surface area contributed by atoms with E-state index in [0.717, 1.165) is 0 Å². The fourth-order valence-corrected chi connectivity index (χ4v) is 2.26. The molecule has 10 heteroatoms. The molecule has 1 aromatic rings. The Bertz CT molecular complexity index is 601. The fraction of sp³-hybridized carbons (Fsp3) is 0.200. The quantitative estimate of drug-likeness (QED) is 0.379. The molecule has 110 valence electrons. The van der Waals surface area contributed by atoms with Crippen molar-refractivity contribution in [1.29, 1.82) is 0 Å². The molecule has 1 aromatic carbocycles. The van der Waals surface area contributed by atoms with Crippen LogP contribution in [0.2, 0.25) is 0 Å². The highest BCUT2D eigenvalue weighted by Crippen LogP contribution is 2.12. The summed E-state index contributed by atoms with van der Waals surface area (Å²) in [5, 5.41) is 19.2. The molecule has 0 aliphatic carbocycles. The Morgan fingerprint density at radius 2 is 1.95 bits per heavy atom. The summed E-state index contributed by atoms with van der Waals surface area (Å²) >= 11 is 8.83. The first kappa shape index (κ1) is 16.7. The fourth-order valence-electron chi connectivity index (χ4n) is 1.24. The van der Waals surface area contributed by atoms with Gasteiger partial charge in [0.15, 0.2) is 5.11 Å². The first-order chi connectivity index (χ1) is 9.24. The van der Waals surface area contributed by atoms with Crippen LogP contribution < -0.4 is 15.8 Å². The van der Waals surface area contributed by atoms with E-state index in [1.165, 1.54) is 24.3 Å². The van der Waals surface area contributed by atoms with Crippen LogP contribution in [0.5, 0.6) is 0 Å². The van der Waals surface area contributed by atoms with Crippen LogP contribution in [0, 0.1) is 0 Å². The lowest BCUT2D eigenvalue weighted by Gasteiger charge is -2.15. The van der Waals surface area contributed by atoms with Gasteiger partial charge in [-0.3, -0.25) is 0 Å². The molecule has 0 aromatic heterocycles. The molecule has 1 atom stereocenters. The standard InChI is InChI=1S/C10H13N3O4S3/c11-20(16,17)7-3-1-6(2-4-7)12-10(19)13-8(5-18)9(14)15/h1-4,8,18H,5H2,(H,14,15)(H2,11,16,17)(H2,12,13,19)/t8-/m0/s1. The average molecular weight is 335 g/mol. The molecule has 0 aliphatic rings. The molecule has 20 heavy (non-hydrogen) atoms. The SMILES string of the molecule is NS(=O)(=O)c1ccc(NC(=S)N[C@@H](CS)C(=O)O)cc1. The number of hydrogen-bond donors (Lipinski definition) is 5. The minimum atomic E-state index is -3.75. The van der Waals surface area contributed by atoms with Crippen molar-refractivity contribution >= 4 is 51.6 Å².